The topological polar surface area (TPSA) is 64.2 Å². The number of carbonyl (C=O) groups excluding carboxylic acids is 1. The third-order valence-electron chi connectivity index (χ3n) is 4.71. The molecule has 5 heteroatoms. The molecule has 1 amide bonds. The molecule has 2 N–H and O–H groups in total. The van der Waals surface area contributed by atoms with Gasteiger partial charge in [-0.3, -0.25) is 9.48 Å². The van der Waals surface area contributed by atoms with Crippen molar-refractivity contribution in [1.29, 1.82) is 0 Å². The predicted molar refractivity (Wildman–Crippen MR) is 108 cm³/mol. The molecule has 5 nitrogen and oxygen atoms in total. The predicted octanol–water partition coefficient (Wildman–Crippen LogP) is 3.25. The van der Waals surface area contributed by atoms with Crippen LogP contribution in [-0.2, 0) is 20.0 Å². The zero-order chi connectivity index (χ0) is 19.2. The average molecular weight is 362 g/mol. The van der Waals surface area contributed by atoms with Crippen molar-refractivity contribution in [2.75, 3.05) is 13.6 Å². The smallest absolute Gasteiger partial charge is 0.253 e. The zero-order valence-electron chi connectivity index (χ0n) is 15.9. The second-order valence-corrected chi connectivity index (χ2v) is 6.74. The second-order valence-electron chi connectivity index (χ2n) is 6.74. The Morgan fingerprint density at radius 1 is 1.11 bits per heavy atom. The Morgan fingerprint density at radius 3 is 2.48 bits per heavy atom. The molecule has 0 aliphatic carbocycles. The lowest BCUT2D eigenvalue weighted by Gasteiger charge is -2.17. The Labute approximate surface area is 160 Å². The lowest BCUT2D eigenvalue weighted by molar-refractivity contribution is 0.0793. The number of nitrogens with zero attached hydrogens (tertiary/aromatic N) is 3. The molecule has 0 aliphatic rings. The molecule has 0 saturated heterocycles. The van der Waals surface area contributed by atoms with Crippen molar-refractivity contribution in [3.63, 3.8) is 0 Å². The van der Waals surface area contributed by atoms with Crippen LogP contribution in [0.1, 0.15) is 28.0 Å². The number of hydrogen-bond acceptors (Lipinski definition) is 3. The summed E-state index contributed by atoms with van der Waals surface area (Å²) in [5.74, 6) is 0.0320. The van der Waals surface area contributed by atoms with E-state index in [2.05, 4.69) is 23.3 Å². The third kappa shape index (κ3) is 4.63. The van der Waals surface area contributed by atoms with Gasteiger partial charge >= 0.3 is 0 Å². The van der Waals surface area contributed by atoms with Crippen LogP contribution in [0.25, 0.3) is 11.3 Å². The molecule has 1 aromatic heterocycles. The van der Waals surface area contributed by atoms with Crippen LogP contribution in [0.4, 0.5) is 0 Å². The van der Waals surface area contributed by atoms with Crippen LogP contribution in [0.2, 0.25) is 0 Å². The van der Waals surface area contributed by atoms with E-state index in [0.29, 0.717) is 18.7 Å². The Bertz CT molecular complexity index is 884. The van der Waals surface area contributed by atoms with Crippen molar-refractivity contribution in [1.82, 2.24) is 14.7 Å². The second kappa shape index (κ2) is 8.64. The minimum absolute atomic E-state index is 0.0320. The van der Waals surface area contributed by atoms with Crippen molar-refractivity contribution in [2.24, 2.45) is 12.8 Å². The van der Waals surface area contributed by atoms with Gasteiger partial charge in [-0.2, -0.15) is 5.10 Å². The average Bonchev–Trinajstić information content (AvgIpc) is 3.08. The molecule has 0 bridgehead atoms. The summed E-state index contributed by atoms with van der Waals surface area (Å²) in [6, 6.07) is 19.9. The lowest BCUT2D eigenvalue weighted by atomic mass is 10.1. The van der Waals surface area contributed by atoms with Gasteiger partial charge in [0.15, 0.2) is 0 Å². The molecule has 0 saturated carbocycles. The molecule has 1 heterocycles. The monoisotopic (exact) mass is 362 g/mol. The maximum Gasteiger partial charge on any atom is 0.253 e. The number of hydrogen-bond donors (Lipinski definition) is 1. The molecule has 0 atom stereocenters. The van der Waals surface area contributed by atoms with E-state index < -0.39 is 0 Å². The minimum Gasteiger partial charge on any atom is -0.342 e. The van der Waals surface area contributed by atoms with E-state index in [1.165, 1.54) is 0 Å². The van der Waals surface area contributed by atoms with E-state index in [1.807, 2.05) is 61.2 Å². The molecule has 0 radical (unpaired) electrons. The first kappa shape index (κ1) is 18.9. The highest BCUT2D eigenvalue weighted by atomic mass is 16.2. The highest BCUT2D eigenvalue weighted by Crippen LogP contribution is 2.20. The molecular weight excluding hydrogens is 336 g/mol. The first-order valence-electron chi connectivity index (χ1n) is 9.21. The van der Waals surface area contributed by atoms with Crippen molar-refractivity contribution in [3.05, 3.63) is 77.5 Å². The highest BCUT2D eigenvalue weighted by molar-refractivity contribution is 5.94. The van der Waals surface area contributed by atoms with E-state index in [0.717, 1.165) is 35.4 Å². The highest BCUT2D eigenvalue weighted by Gasteiger charge is 2.12. The van der Waals surface area contributed by atoms with Crippen molar-refractivity contribution >= 4 is 5.91 Å². The van der Waals surface area contributed by atoms with Gasteiger partial charge in [0.25, 0.3) is 5.91 Å². The summed E-state index contributed by atoms with van der Waals surface area (Å²) in [7, 11) is 3.81. The van der Waals surface area contributed by atoms with Crippen LogP contribution in [0.15, 0.2) is 60.7 Å². The first-order valence-corrected chi connectivity index (χ1v) is 9.21. The summed E-state index contributed by atoms with van der Waals surface area (Å²) < 4.78 is 1.92. The fourth-order valence-electron chi connectivity index (χ4n) is 3.13. The van der Waals surface area contributed by atoms with Crippen LogP contribution in [-0.4, -0.2) is 34.2 Å². The maximum absolute atomic E-state index is 12.5. The zero-order valence-corrected chi connectivity index (χ0v) is 15.9. The van der Waals surface area contributed by atoms with Crippen molar-refractivity contribution in [2.45, 2.75) is 19.4 Å². The molecule has 2 aromatic carbocycles. The summed E-state index contributed by atoms with van der Waals surface area (Å²) in [5, 5.41) is 4.61. The Balaban J connectivity index is 1.55. The fraction of sp³-hybridized carbons (Fsp3) is 0.273. The molecular formula is C22H26N4O. The Morgan fingerprint density at radius 2 is 1.81 bits per heavy atom. The molecule has 27 heavy (non-hydrogen) atoms. The summed E-state index contributed by atoms with van der Waals surface area (Å²) in [6.45, 7) is 1.17. The quantitative estimate of drug-likeness (QED) is 0.702. The SMILES string of the molecule is CN(CCCc1cc(-c2ccccc2)n(C)n1)C(=O)c1ccc(CN)cc1. The molecule has 0 aliphatic heterocycles. The van der Waals surface area contributed by atoms with E-state index in [9.17, 15) is 4.79 Å². The van der Waals surface area contributed by atoms with Crippen molar-refractivity contribution < 1.29 is 4.79 Å². The standard InChI is InChI=1S/C22H26N4O/c1-25(22(27)19-12-10-17(16-23)11-13-19)14-6-9-20-15-21(26(2)24-20)18-7-4-3-5-8-18/h3-5,7-8,10-13,15H,6,9,14,16,23H2,1-2H3. The number of aryl methyl sites for hydroxylation is 2. The van der Waals surface area contributed by atoms with Crippen molar-refractivity contribution in [3.8, 4) is 11.3 Å². The molecule has 3 rings (SSSR count). The van der Waals surface area contributed by atoms with Gasteiger partial charge in [-0.05, 0) is 42.2 Å². The first-order chi connectivity index (χ1) is 13.1. The Kier molecular flexibility index (Phi) is 6.04. The van der Waals surface area contributed by atoms with E-state index >= 15 is 0 Å². The van der Waals surface area contributed by atoms with Crippen LogP contribution in [0, 0.1) is 0 Å². The number of carbonyl (C=O) groups is 1. The van der Waals surface area contributed by atoms with Gasteiger partial charge in [-0.1, -0.05) is 42.5 Å². The van der Waals surface area contributed by atoms with Gasteiger partial charge in [-0.15, -0.1) is 0 Å². The van der Waals surface area contributed by atoms with E-state index in [-0.39, 0.29) is 5.91 Å². The number of benzene rings is 2. The molecule has 0 spiro atoms. The fourth-order valence-corrected chi connectivity index (χ4v) is 3.13. The van der Waals surface area contributed by atoms with Crippen LogP contribution < -0.4 is 5.73 Å². The minimum atomic E-state index is 0.0320. The normalized spacial score (nSPS) is 10.8. The molecule has 140 valence electrons. The van der Waals surface area contributed by atoms with Gasteiger partial charge in [0.1, 0.15) is 0 Å². The summed E-state index contributed by atoms with van der Waals surface area (Å²) in [4.78, 5) is 14.3. The van der Waals surface area contributed by atoms with Gasteiger partial charge in [-0.25, -0.2) is 0 Å². The van der Waals surface area contributed by atoms with Gasteiger partial charge in [0, 0.05) is 32.7 Å². The summed E-state index contributed by atoms with van der Waals surface area (Å²) >= 11 is 0. The number of nitrogens with two attached hydrogens (primary N) is 1. The third-order valence-corrected chi connectivity index (χ3v) is 4.71. The van der Waals surface area contributed by atoms with Gasteiger partial charge in [0.2, 0.25) is 0 Å². The Hall–Kier alpha value is -2.92. The lowest BCUT2D eigenvalue weighted by Crippen LogP contribution is -2.28. The largest absolute Gasteiger partial charge is 0.342 e. The van der Waals surface area contributed by atoms with Gasteiger partial charge < -0.3 is 10.6 Å². The van der Waals surface area contributed by atoms with Gasteiger partial charge in [0.05, 0.1) is 11.4 Å². The maximum atomic E-state index is 12.5. The molecule has 0 fully saturated rings. The van der Waals surface area contributed by atoms with Crippen LogP contribution in [0.5, 0.6) is 0 Å². The van der Waals surface area contributed by atoms with E-state index in [1.54, 1.807) is 4.90 Å². The van der Waals surface area contributed by atoms with Crippen LogP contribution in [0.3, 0.4) is 0 Å². The van der Waals surface area contributed by atoms with Crippen LogP contribution >= 0.6 is 0 Å². The molecule has 0 unspecified atom stereocenters. The number of aromatic nitrogens is 2. The summed E-state index contributed by atoms with van der Waals surface area (Å²) in [6.07, 6.45) is 1.71. The summed E-state index contributed by atoms with van der Waals surface area (Å²) in [5.41, 5.74) is 10.6. The molecule has 3 aromatic rings. The number of amides is 1. The van der Waals surface area contributed by atoms with E-state index in [4.69, 9.17) is 5.73 Å². The number of rotatable bonds is 7.